The third kappa shape index (κ3) is 4.28. The quantitative estimate of drug-likeness (QED) is 0.241. The zero-order valence-electron chi connectivity index (χ0n) is 17.1. The summed E-state index contributed by atoms with van der Waals surface area (Å²) in [5.41, 5.74) is 0.893. The fraction of sp³-hybridized carbons (Fsp3) is 0.190. The molecule has 33 heavy (non-hydrogen) atoms. The highest BCUT2D eigenvalue weighted by molar-refractivity contribution is 7.22. The van der Waals surface area contributed by atoms with Gasteiger partial charge in [0, 0.05) is 12.1 Å². The molecule has 2 heterocycles. The molecule has 1 aliphatic rings. The summed E-state index contributed by atoms with van der Waals surface area (Å²) < 4.78 is 5.76. The third-order valence-corrected chi connectivity index (χ3v) is 5.85. The van der Waals surface area contributed by atoms with Gasteiger partial charge in [-0.15, -0.1) is 0 Å². The highest BCUT2D eigenvalue weighted by Gasteiger charge is 2.37. The zero-order chi connectivity index (χ0) is 23.7. The number of Topliss-reactive ketones (excluding diaryl/α,β-unsaturated/α-hetero) is 1. The number of ketones is 1. The lowest BCUT2D eigenvalue weighted by Crippen LogP contribution is -2.39. The first-order valence-electron chi connectivity index (χ1n) is 9.79. The molecule has 12 heteroatoms. The molecule has 0 saturated carbocycles. The molecule has 2 amide bonds. The number of thiazole rings is 1. The maximum absolute atomic E-state index is 12.6. The molecular weight excluding hydrogens is 452 g/mol. The molecule has 0 aliphatic carbocycles. The number of nitro groups is 1. The van der Waals surface area contributed by atoms with E-state index in [9.17, 15) is 29.3 Å². The van der Waals surface area contributed by atoms with Gasteiger partial charge in [0.1, 0.15) is 6.54 Å². The van der Waals surface area contributed by atoms with Crippen molar-refractivity contribution in [3.05, 3.63) is 58.1 Å². The van der Waals surface area contributed by atoms with Gasteiger partial charge in [0.2, 0.25) is 0 Å². The number of fused-ring (bicyclic) bond motifs is 2. The van der Waals surface area contributed by atoms with E-state index in [1.54, 1.807) is 25.1 Å². The fourth-order valence-electron chi connectivity index (χ4n) is 3.32. The Hall–Kier alpha value is -4.19. The molecule has 168 valence electrons. The number of esters is 1. The molecule has 2 aromatic carbocycles. The lowest BCUT2D eigenvalue weighted by Gasteiger charge is -2.19. The Morgan fingerprint density at radius 2 is 2.00 bits per heavy atom. The molecule has 11 nitrogen and oxygen atoms in total. The predicted molar refractivity (Wildman–Crippen MR) is 118 cm³/mol. The van der Waals surface area contributed by atoms with Gasteiger partial charge in [-0.2, -0.15) is 0 Å². The van der Waals surface area contributed by atoms with Crippen LogP contribution in [0.2, 0.25) is 0 Å². The first-order valence-corrected chi connectivity index (χ1v) is 10.6. The van der Waals surface area contributed by atoms with Crippen LogP contribution in [0, 0.1) is 10.1 Å². The Balaban J connectivity index is 1.42. The minimum atomic E-state index is -1.16. The van der Waals surface area contributed by atoms with Gasteiger partial charge in [0.05, 0.1) is 26.4 Å². The van der Waals surface area contributed by atoms with E-state index in [1.807, 2.05) is 0 Å². The molecule has 0 spiro atoms. The zero-order valence-corrected chi connectivity index (χ0v) is 18.0. The molecule has 1 aliphatic heterocycles. The van der Waals surface area contributed by atoms with Gasteiger partial charge in [-0.25, -0.2) is 4.98 Å². The number of nitro benzene ring substituents is 1. The SMILES string of the molecule is CCC(OC(=O)CN1C(=O)C(=O)c2ccccc21)C(=O)Nc1nc2ccc([N+](=O)[O-])cc2s1. The number of hydrogen-bond acceptors (Lipinski definition) is 9. The number of aromatic nitrogens is 1. The van der Waals surface area contributed by atoms with Crippen molar-refractivity contribution in [3.63, 3.8) is 0 Å². The highest BCUT2D eigenvalue weighted by Crippen LogP contribution is 2.30. The van der Waals surface area contributed by atoms with Crippen LogP contribution in [0.15, 0.2) is 42.5 Å². The second kappa shape index (κ2) is 8.74. The molecule has 0 saturated heterocycles. The third-order valence-electron chi connectivity index (χ3n) is 4.92. The molecule has 3 aromatic rings. The molecule has 0 fully saturated rings. The molecule has 1 unspecified atom stereocenters. The van der Waals surface area contributed by atoms with Crippen LogP contribution in [0.3, 0.4) is 0 Å². The molecule has 0 bridgehead atoms. The number of carbonyl (C=O) groups excluding carboxylic acids is 4. The van der Waals surface area contributed by atoms with Crippen molar-refractivity contribution in [2.45, 2.75) is 19.4 Å². The summed E-state index contributed by atoms with van der Waals surface area (Å²) in [5, 5.41) is 13.7. The van der Waals surface area contributed by atoms with E-state index < -0.39 is 41.1 Å². The van der Waals surface area contributed by atoms with Crippen molar-refractivity contribution < 1.29 is 28.8 Å². The predicted octanol–water partition coefficient (Wildman–Crippen LogP) is 2.69. The summed E-state index contributed by atoms with van der Waals surface area (Å²) in [6, 6.07) is 10.4. The van der Waals surface area contributed by atoms with Crippen LogP contribution in [-0.4, -0.2) is 46.1 Å². The molecule has 1 N–H and O–H groups in total. The van der Waals surface area contributed by atoms with E-state index in [0.29, 0.717) is 15.9 Å². The van der Waals surface area contributed by atoms with E-state index in [0.717, 1.165) is 16.2 Å². The summed E-state index contributed by atoms with van der Waals surface area (Å²) in [6.07, 6.45) is -1.01. The van der Waals surface area contributed by atoms with Gasteiger partial charge in [0.15, 0.2) is 11.2 Å². The molecule has 4 rings (SSSR count). The number of nitrogens with one attached hydrogen (secondary N) is 1. The minimum absolute atomic E-state index is 0.0964. The number of non-ortho nitro benzene ring substituents is 1. The Kier molecular flexibility index (Phi) is 5.84. The molecular formula is C21H16N4O7S. The average Bonchev–Trinajstić information content (AvgIpc) is 3.30. The van der Waals surface area contributed by atoms with Crippen LogP contribution in [0.4, 0.5) is 16.5 Å². The fourth-order valence-corrected chi connectivity index (χ4v) is 4.22. The van der Waals surface area contributed by atoms with E-state index >= 15 is 0 Å². The number of hydrogen-bond donors (Lipinski definition) is 1. The Labute approximate surface area is 190 Å². The minimum Gasteiger partial charge on any atom is -0.451 e. The number of ether oxygens (including phenoxy) is 1. The lowest BCUT2D eigenvalue weighted by atomic mass is 10.1. The second-order valence-corrected chi connectivity index (χ2v) is 8.07. The van der Waals surface area contributed by atoms with E-state index in [-0.39, 0.29) is 22.8 Å². The molecule has 1 aromatic heterocycles. The van der Waals surface area contributed by atoms with Crippen molar-refractivity contribution >= 4 is 61.6 Å². The first-order chi connectivity index (χ1) is 15.8. The van der Waals surface area contributed by atoms with E-state index in [2.05, 4.69) is 10.3 Å². The summed E-state index contributed by atoms with van der Waals surface area (Å²) in [7, 11) is 0. The van der Waals surface area contributed by atoms with Crippen molar-refractivity contribution in [1.29, 1.82) is 0 Å². The topological polar surface area (TPSA) is 149 Å². The number of rotatable bonds is 7. The van der Waals surface area contributed by atoms with Crippen LogP contribution in [0.1, 0.15) is 23.7 Å². The first kappa shape index (κ1) is 22.0. The maximum Gasteiger partial charge on any atom is 0.326 e. The number of anilines is 2. The maximum atomic E-state index is 12.6. The number of para-hydroxylation sites is 1. The second-order valence-electron chi connectivity index (χ2n) is 7.04. The van der Waals surface area contributed by atoms with Gasteiger partial charge >= 0.3 is 5.97 Å². The van der Waals surface area contributed by atoms with Crippen LogP contribution < -0.4 is 10.2 Å². The Morgan fingerprint density at radius 1 is 1.24 bits per heavy atom. The average molecular weight is 468 g/mol. The summed E-state index contributed by atoms with van der Waals surface area (Å²) in [4.78, 5) is 65.0. The van der Waals surface area contributed by atoms with Gasteiger partial charge in [-0.05, 0) is 24.6 Å². The Morgan fingerprint density at radius 3 is 2.73 bits per heavy atom. The van der Waals surface area contributed by atoms with Crippen molar-refractivity contribution in [1.82, 2.24) is 4.98 Å². The van der Waals surface area contributed by atoms with E-state index in [4.69, 9.17) is 4.74 Å². The van der Waals surface area contributed by atoms with Gasteiger partial charge < -0.3 is 4.74 Å². The van der Waals surface area contributed by atoms with Crippen LogP contribution in [-0.2, 0) is 19.1 Å². The van der Waals surface area contributed by atoms with Crippen LogP contribution in [0.5, 0.6) is 0 Å². The van der Waals surface area contributed by atoms with Gasteiger partial charge in [0.25, 0.3) is 23.3 Å². The van der Waals surface area contributed by atoms with Gasteiger partial charge in [-0.1, -0.05) is 30.4 Å². The van der Waals surface area contributed by atoms with Crippen LogP contribution >= 0.6 is 11.3 Å². The molecule has 1 atom stereocenters. The normalized spacial score (nSPS) is 13.7. The number of benzene rings is 2. The number of amides is 2. The number of nitrogens with zero attached hydrogens (tertiary/aromatic N) is 3. The highest BCUT2D eigenvalue weighted by atomic mass is 32.1. The van der Waals surface area contributed by atoms with E-state index in [1.165, 1.54) is 24.3 Å². The molecule has 0 radical (unpaired) electrons. The summed E-state index contributed by atoms with van der Waals surface area (Å²) in [6.45, 7) is 1.12. The van der Waals surface area contributed by atoms with Crippen molar-refractivity contribution in [3.8, 4) is 0 Å². The smallest absolute Gasteiger partial charge is 0.326 e. The summed E-state index contributed by atoms with van der Waals surface area (Å²) >= 11 is 1.04. The monoisotopic (exact) mass is 468 g/mol. The van der Waals surface area contributed by atoms with Gasteiger partial charge in [-0.3, -0.25) is 39.5 Å². The number of carbonyl (C=O) groups is 4. The van der Waals surface area contributed by atoms with Crippen LogP contribution in [0.25, 0.3) is 10.2 Å². The standard InChI is InChI=1S/C21H16N4O7S/c1-2-15(19(28)23-21-22-13-8-7-11(25(30)31)9-16(13)33-21)32-17(26)10-24-14-6-4-3-5-12(14)18(27)20(24)29/h3-9,15H,2,10H2,1H3,(H,22,23,28). The van der Waals surface area contributed by atoms with Crippen molar-refractivity contribution in [2.75, 3.05) is 16.8 Å². The van der Waals surface area contributed by atoms with Crippen molar-refractivity contribution in [2.24, 2.45) is 0 Å². The lowest BCUT2D eigenvalue weighted by molar-refractivity contribution is -0.384. The summed E-state index contributed by atoms with van der Waals surface area (Å²) in [5.74, 6) is -3.04. The largest absolute Gasteiger partial charge is 0.451 e. The Bertz CT molecular complexity index is 1320.